The molecule has 204 valence electrons. The smallest absolute Gasteiger partial charge is 1.00 e. The molecule has 1 aromatic heterocycles. The average Bonchev–Trinajstić information content (AvgIpc) is 3.58. The molecule has 7 nitrogen and oxygen atoms in total. The van der Waals surface area contributed by atoms with Gasteiger partial charge < -0.3 is 34.6 Å². The molecule has 2 atom stereocenters. The Labute approximate surface area is 253 Å². The van der Waals surface area contributed by atoms with E-state index in [0.717, 1.165) is 49.0 Å². The number of allylic oxidation sites excluding steroid dienone is 2. The van der Waals surface area contributed by atoms with Crippen LogP contribution in [0.2, 0.25) is 0 Å². The van der Waals surface area contributed by atoms with Crippen LogP contribution < -0.4 is 24.8 Å². The summed E-state index contributed by atoms with van der Waals surface area (Å²) in [5, 5.41) is 0. The Morgan fingerprint density at radius 2 is 1.05 bits per heavy atom. The summed E-state index contributed by atoms with van der Waals surface area (Å²) in [6, 6.07) is 5.92. The standard InChI is InChI=1S/C29H31N7.2ClH.Fe/c1-3-14-35(15-4-1)20-10-12-22-26(18-20)33-28(31-22)24-8-7-9-25(30-24)29-32-23-13-11-21(19-27(23)34-29)36-16-5-2-6-17-36;;;/h7-13,18-19,22-23H,1-6,14-17H2;2*1H;/q;;;+2/p-2. The number of aromatic nitrogens is 1. The van der Waals surface area contributed by atoms with Crippen LogP contribution in [0.4, 0.5) is 0 Å². The van der Waals surface area contributed by atoms with Crippen LogP contribution in [0, 0.1) is 0 Å². The van der Waals surface area contributed by atoms with E-state index in [9.17, 15) is 0 Å². The number of aliphatic imine (C=N–C) groups is 4. The molecular weight excluding hydrogens is 573 g/mol. The second-order valence-corrected chi connectivity index (χ2v) is 10.2. The van der Waals surface area contributed by atoms with E-state index in [1.165, 1.54) is 49.9 Å². The average molecular weight is 604 g/mol. The largest absolute Gasteiger partial charge is 2.00 e. The predicted molar refractivity (Wildman–Crippen MR) is 145 cm³/mol. The van der Waals surface area contributed by atoms with E-state index < -0.39 is 0 Å². The van der Waals surface area contributed by atoms with Gasteiger partial charge in [-0.1, -0.05) is 18.2 Å². The number of fused-ring (bicyclic) bond motifs is 2. The second-order valence-electron chi connectivity index (χ2n) is 10.2. The van der Waals surface area contributed by atoms with Gasteiger partial charge in [-0.05, 0) is 75.0 Å². The van der Waals surface area contributed by atoms with E-state index >= 15 is 0 Å². The van der Waals surface area contributed by atoms with Gasteiger partial charge in [0, 0.05) is 37.6 Å². The molecule has 39 heavy (non-hydrogen) atoms. The molecule has 0 aromatic carbocycles. The van der Waals surface area contributed by atoms with Crippen LogP contribution in [-0.4, -0.2) is 76.1 Å². The van der Waals surface area contributed by atoms with Crippen LogP contribution in [0.5, 0.6) is 0 Å². The van der Waals surface area contributed by atoms with E-state index in [4.69, 9.17) is 25.0 Å². The van der Waals surface area contributed by atoms with Crippen molar-refractivity contribution >= 4 is 23.1 Å². The quantitative estimate of drug-likeness (QED) is 0.378. The fraction of sp³-hybridized carbons (Fsp3) is 0.414. The van der Waals surface area contributed by atoms with Crippen LogP contribution in [0.15, 0.2) is 86.0 Å². The minimum absolute atomic E-state index is 0. The summed E-state index contributed by atoms with van der Waals surface area (Å²) in [5.41, 5.74) is 6.07. The molecule has 7 rings (SSSR count). The maximum Gasteiger partial charge on any atom is 2.00 e. The first-order valence-corrected chi connectivity index (χ1v) is 13.4. The molecule has 2 unspecified atom stereocenters. The molecule has 4 aliphatic heterocycles. The zero-order valence-corrected chi connectivity index (χ0v) is 24.3. The summed E-state index contributed by atoms with van der Waals surface area (Å²) in [5.74, 6) is 1.38. The summed E-state index contributed by atoms with van der Waals surface area (Å²) in [6.07, 6.45) is 20.8. The van der Waals surface area contributed by atoms with Crippen molar-refractivity contribution in [2.24, 2.45) is 20.0 Å². The predicted octanol–water partition coefficient (Wildman–Crippen LogP) is -1.89. The summed E-state index contributed by atoms with van der Waals surface area (Å²) >= 11 is 0. The van der Waals surface area contributed by atoms with Gasteiger partial charge in [-0.2, -0.15) is 0 Å². The molecule has 2 aliphatic carbocycles. The maximum atomic E-state index is 4.88. The summed E-state index contributed by atoms with van der Waals surface area (Å²) in [7, 11) is 0. The van der Waals surface area contributed by atoms with Gasteiger partial charge >= 0.3 is 17.1 Å². The number of nitrogens with zero attached hydrogens (tertiary/aromatic N) is 7. The molecule has 1 aromatic rings. The maximum absolute atomic E-state index is 4.88. The third-order valence-corrected chi connectivity index (χ3v) is 7.74. The SMILES string of the molecule is C1=CC2N=C(c3cccc(C4=NC5C=CC(N6CCCCC6)=CC5=N4)n3)N=C2C=C1N1CCCCC1.[Cl-].[Cl-].[Fe+2]. The molecule has 0 N–H and O–H groups in total. The molecule has 0 amide bonds. The Hall–Kier alpha value is -2.51. The summed E-state index contributed by atoms with van der Waals surface area (Å²) in [4.78, 5) is 29.3. The van der Waals surface area contributed by atoms with Crippen LogP contribution in [0.25, 0.3) is 0 Å². The first-order valence-electron chi connectivity index (χ1n) is 13.4. The van der Waals surface area contributed by atoms with Crippen LogP contribution in [-0.2, 0) is 17.1 Å². The Kier molecular flexibility index (Phi) is 9.65. The van der Waals surface area contributed by atoms with Gasteiger partial charge in [0.05, 0.1) is 11.4 Å². The van der Waals surface area contributed by atoms with E-state index in [1.807, 2.05) is 18.2 Å². The number of hydrogen-bond donors (Lipinski definition) is 0. The number of likely N-dealkylation sites (tertiary alicyclic amines) is 2. The normalized spacial score (nSPS) is 24.9. The zero-order chi connectivity index (χ0) is 23.9. The number of halogens is 2. The summed E-state index contributed by atoms with van der Waals surface area (Å²) in [6.45, 7) is 4.50. The van der Waals surface area contributed by atoms with Crippen molar-refractivity contribution in [2.45, 2.75) is 50.6 Å². The summed E-state index contributed by atoms with van der Waals surface area (Å²) < 4.78 is 0. The third kappa shape index (κ3) is 5.99. The van der Waals surface area contributed by atoms with Gasteiger partial charge in [-0.25, -0.2) is 15.0 Å². The van der Waals surface area contributed by atoms with Crippen molar-refractivity contribution < 1.29 is 41.9 Å². The molecule has 6 aliphatic rings. The zero-order valence-electron chi connectivity index (χ0n) is 21.7. The Balaban J connectivity index is 0.00000118. The van der Waals surface area contributed by atoms with Crippen LogP contribution in [0.1, 0.15) is 49.9 Å². The molecule has 2 saturated heterocycles. The molecule has 0 bridgehead atoms. The van der Waals surface area contributed by atoms with Crippen LogP contribution >= 0.6 is 0 Å². The van der Waals surface area contributed by atoms with Crippen LogP contribution in [0.3, 0.4) is 0 Å². The van der Waals surface area contributed by atoms with Crippen molar-refractivity contribution in [1.29, 1.82) is 0 Å². The van der Waals surface area contributed by atoms with Crippen molar-refractivity contribution in [3.8, 4) is 0 Å². The number of pyridine rings is 1. The monoisotopic (exact) mass is 603 g/mol. The number of amidine groups is 2. The van der Waals surface area contributed by atoms with Crippen molar-refractivity contribution in [2.75, 3.05) is 26.2 Å². The first-order chi connectivity index (χ1) is 17.8. The molecule has 0 spiro atoms. The van der Waals surface area contributed by atoms with Gasteiger partial charge in [0.25, 0.3) is 0 Å². The minimum Gasteiger partial charge on any atom is -1.00 e. The number of hydrogen-bond acceptors (Lipinski definition) is 7. The van der Waals surface area contributed by atoms with Crippen molar-refractivity contribution in [3.63, 3.8) is 0 Å². The fourth-order valence-electron chi connectivity index (χ4n) is 5.76. The van der Waals surface area contributed by atoms with E-state index in [-0.39, 0.29) is 54.0 Å². The van der Waals surface area contributed by atoms with Crippen molar-refractivity contribution in [1.82, 2.24) is 14.8 Å². The van der Waals surface area contributed by atoms with E-state index in [2.05, 4.69) is 46.3 Å². The third-order valence-electron chi connectivity index (χ3n) is 7.74. The van der Waals surface area contributed by atoms with Gasteiger partial charge in [-0.15, -0.1) is 0 Å². The number of piperidine rings is 2. The number of rotatable bonds is 4. The Morgan fingerprint density at radius 1 is 0.615 bits per heavy atom. The molecule has 0 radical (unpaired) electrons. The molecule has 2 fully saturated rings. The minimum atomic E-state index is -0.0191. The van der Waals surface area contributed by atoms with Gasteiger partial charge in [-0.3, -0.25) is 9.98 Å². The van der Waals surface area contributed by atoms with Crippen molar-refractivity contribution in [3.05, 3.63) is 77.4 Å². The Morgan fingerprint density at radius 3 is 1.49 bits per heavy atom. The van der Waals surface area contributed by atoms with E-state index in [0.29, 0.717) is 11.7 Å². The van der Waals surface area contributed by atoms with Gasteiger partial charge in [0.1, 0.15) is 23.5 Å². The topological polar surface area (TPSA) is 68.8 Å². The fourth-order valence-corrected chi connectivity index (χ4v) is 5.76. The second kappa shape index (κ2) is 12.8. The van der Waals surface area contributed by atoms with Gasteiger partial charge in [0.2, 0.25) is 0 Å². The Bertz CT molecular complexity index is 1230. The first kappa shape index (κ1) is 29.5. The van der Waals surface area contributed by atoms with Gasteiger partial charge in [0.15, 0.2) is 11.7 Å². The molecule has 10 heteroatoms. The molecule has 5 heterocycles. The molecular formula is C29H31Cl2FeN7. The van der Waals surface area contributed by atoms with E-state index in [1.54, 1.807) is 0 Å². The molecule has 0 saturated carbocycles.